The molecule has 0 aliphatic heterocycles. The number of hydrogen-bond donors (Lipinski definition) is 0. The van der Waals surface area contributed by atoms with Gasteiger partial charge < -0.3 is 24.0 Å². The molecular formula is C30H24IN3. The van der Waals surface area contributed by atoms with Crippen LogP contribution in [0.1, 0.15) is 27.8 Å². The minimum Gasteiger partial charge on any atom is -1.00 e. The predicted molar refractivity (Wildman–Crippen MR) is 130 cm³/mol. The van der Waals surface area contributed by atoms with Gasteiger partial charge in [-0.2, -0.15) is 5.10 Å². The minimum absolute atomic E-state index is 0. The fourth-order valence-corrected chi connectivity index (χ4v) is 4.31. The monoisotopic (exact) mass is 553 g/mol. The summed E-state index contributed by atoms with van der Waals surface area (Å²) in [6.07, 6.45) is 7.90. The second-order valence-electron chi connectivity index (χ2n) is 7.99. The highest BCUT2D eigenvalue weighted by molar-refractivity contribution is 5.51. The van der Waals surface area contributed by atoms with Crippen LogP contribution in [0.25, 0.3) is 0 Å². The third kappa shape index (κ3) is 4.52. The molecule has 4 heteroatoms. The molecule has 0 radical (unpaired) electrons. The Morgan fingerprint density at radius 1 is 0.676 bits per heavy atom. The highest BCUT2D eigenvalue weighted by atomic mass is 127. The van der Waals surface area contributed by atoms with Gasteiger partial charge in [-0.25, -0.2) is 4.57 Å². The molecule has 3 nitrogen and oxygen atoms in total. The van der Waals surface area contributed by atoms with Gasteiger partial charge in [0.15, 0.2) is 12.4 Å². The van der Waals surface area contributed by atoms with Crippen LogP contribution < -0.4 is 28.5 Å². The molecule has 0 saturated carbocycles. The zero-order valence-electron chi connectivity index (χ0n) is 18.8. The molecule has 3 aromatic carbocycles. The van der Waals surface area contributed by atoms with Gasteiger partial charge in [0, 0.05) is 12.3 Å². The van der Waals surface area contributed by atoms with Crippen molar-refractivity contribution in [3.05, 3.63) is 156 Å². The van der Waals surface area contributed by atoms with E-state index in [-0.39, 0.29) is 24.0 Å². The molecule has 0 bridgehead atoms. The molecule has 0 fully saturated rings. The number of pyridine rings is 1. The van der Waals surface area contributed by atoms with Crippen LogP contribution in [0.2, 0.25) is 0 Å². The van der Waals surface area contributed by atoms with Gasteiger partial charge in [0.25, 0.3) is 0 Å². The second kappa shape index (κ2) is 10.5. The van der Waals surface area contributed by atoms with Crippen molar-refractivity contribution in [1.29, 1.82) is 0 Å². The van der Waals surface area contributed by atoms with Crippen molar-refractivity contribution in [3.63, 3.8) is 0 Å². The molecule has 0 aliphatic rings. The van der Waals surface area contributed by atoms with Gasteiger partial charge in [-0.1, -0.05) is 103 Å². The van der Waals surface area contributed by atoms with Crippen molar-refractivity contribution in [1.82, 2.24) is 9.78 Å². The first-order chi connectivity index (χ1) is 16.3. The molecule has 0 spiro atoms. The molecule has 0 unspecified atom stereocenters. The Balaban J connectivity index is 0.00000274. The van der Waals surface area contributed by atoms with Gasteiger partial charge in [0.1, 0.15) is 12.6 Å². The van der Waals surface area contributed by atoms with E-state index >= 15 is 0 Å². The Kier molecular flexibility index (Phi) is 7.24. The highest BCUT2D eigenvalue weighted by Gasteiger charge is 2.39. The lowest BCUT2D eigenvalue weighted by molar-refractivity contribution is -0.671. The first-order valence-corrected chi connectivity index (χ1v) is 11.0. The maximum Gasteiger partial charge on any atom is 0.184 e. The molecule has 2 heterocycles. The van der Waals surface area contributed by atoms with Crippen molar-refractivity contribution in [2.45, 2.75) is 5.54 Å². The maximum absolute atomic E-state index is 4.86. The summed E-state index contributed by atoms with van der Waals surface area (Å²) in [5, 5.41) is 4.86. The third-order valence-electron chi connectivity index (χ3n) is 5.79. The van der Waals surface area contributed by atoms with Gasteiger partial charge in [-0.05, 0) is 22.8 Å². The Morgan fingerprint density at radius 2 is 1.18 bits per heavy atom. The van der Waals surface area contributed by atoms with Crippen LogP contribution in [0.5, 0.6) is 0 Å². The number of rotatable bonds is 4. The lowest BCUT2D eigenvalue weighted by Gasteiger charge is -2.36. The first-order valence-electron chi connectivity index (χ1n) is 11.0. The van der Waals surface area contributed by atoms with E-state index in [1.807, 2.05) is 71.4 Å². The van der Waals surface area contributed by atoms with E-state index in [1.54, 1.807) is 0 Å². The normalized spacial score (nSPS) is 10.6. The van der Waals surface area contributed by atoms with Crippen LogP contribution in [-0.2, 0) is 12.6 Å². The maximum atomic E-state index is 4.86. The average Bonchev–Trinajstić information content (AvgIpc) is 3.35. The van der Waals surface area contributed by atoms with Crippen LogP contribution in [0.15, 0.2) is 128 Å². The lowest BCUT2D eigenvalue weighted by atomic mass is 9.77. The van der Waals surface area contributed by atoms with Crippen LogP contribution in [-0.4, -0.2) is 9.78 Å². The molecule has 5 rings (SSSR count). The number of benzene rings is 3. The van der Waals surface area contributed by atoms with Crippen LogP contribution >= 0.6 is 0 Å². The van der Waals surface area contributed by atoms with Gasteiger partial charge in [-0.3, -0.25) is 4.68 Å². The summed E-state index contributed by atoms with van der Waals surface area (Å²) in [4.78, 5) is 0. The van der Waals surface area contributed by atoms with Crippen molar-refractivity contribution >= 4 is 0 Å². The molecule has 166 valence electrons. The molecule has 0 aliphatic carbocycles. The van der Waals surface area contributed by atoms with E-state index in [4.69, 9.17) is 5.10 Å². The van der Waals surface area contributed by atoms with E-state index in [2.05, 4.69) is 84.6 Å². The molecule has 2 aromatic heterocycles. The molecule has 0 atom stereocenters. The van der Waals surface area contributed by atoms with Crippen molar-refractivity contribution < 1.29 is 28.5 Å². The van der Waals surface area contributed by atoms with E-state index in [9.17, 15) is 0 Å². The fourth-order valence-electron chi connectivity index (χ4n) is 4.31. The molecule has 0 N–H and O–H groups in total. The quantitative estimate of drug-likeness (QED) is 0.144. The Hall–Kier alpha value is -3.69. The summed E-state index contributed by atoms with van der Waals surface area (Å²) in [7, 11) is 2.00. The minimum atomic E-state index is -0.622. The van der Waals surface area contributed by atoms with Gasteiger partial charge in [0.2, 0.25) is 0 Å². The summed E-state index contributed by atoms with van der Waals surface area (Å²) in [5.41, 5.74) is 4.63. The predicted octanol–water partition coefficient (Wildman–Crippen LogP) is 1.95. The smallest absolute Gasteiger partial charge is 0.184 e. The topological polar surface area (TPSA) is 21.7 Å². The highest BCUT2D eigenvalue weighted by Crippen LogP contribution is 2.40. The molecule has 34 heavy (non-hydrogen) atoms. The summed E-state index contributed by atoms with van der Waals surface area (Å²) in [5.74, 6) is 6.55. The Labute approximate surface area is 217 Å². The number of hydrogen-bond acceptors (Lipinski definition) is 1. The zero-order valence-corrected chi connectivity index (χ0v) is 21.0. The van der Waals surface area contributed by atoms with E-state index in [0.717, 1.165) is 27.8 Å². The van der Waals surface area contributed by atoms with Gasteiger partial charge >= 0.3 is 0 Å². The van der Waals surface area contributed by atoms with Crippen LogP contribution in [0.4, 0.5) is 0 Å². The largest absolute Gasteiger partial charge is 1.00 e. The molecular weight excluding hydrogens is 529 g/mol. The summed E-state index contributed by atoms with van der Waals surface area (Å²) in [6.45, 7) is 0. The summed E-state index contributed by atoms with van der Waals surface area (Å²) < 4.78 is 4.04. The van der Waals surface area contributed by atoms with Gasteiger partial charge in [0.05, 0.1) is 17.3 Å². The van der Waals surface area contributed by atoms with E-state index in [0.29, 0.717) is 0 Å². The Morgan fingerprint density at radius 3 is 1.68 bits per heavy atom. The summed E-state index contributed by atoms with van der Waals surface area (Å²) in [6, 6.07) is 35.6. The lowest BCUT2D eigenvalue weighted by Crippen LogP contribution is -3.00. The second-order valence-corrected chi connectivity index (χ2v) is 7.99. The zero-order chi connectivity index (χ0) is 22.5. The SMILES string of the molecule is C[n+]1cccc(C#Cc2cnn(C(c3ccccc3)(c3ccccc3)c3ccccc3)c2)c1.[I-]. The molecule has 0 saturated heterocycles. The fraction of sp³-hybridized carbons (Fsp3) is 0.0667. The summed E-state index contributed by atoms with van der Waals surface area (Å²) >= 11 is 0. The van der Waals surface area contributed by atoms with Crippen molar-refractivity contribution in [2.75, 3.05) is 0 Å². The van der Waals surface area contributed by atoms with E-state index in [1.165, 1.54) is 0 Å². The molecule has 5 aromatic rings. The number of nitrogens with zero attached hydrogens (tertiary/aromatic N) is 3. The van der Waals surface area contributed by atoms with E-state index < -0.39 is 5.54 Å². The van der Waals surface area contributed by atoms with Crippen LogP contribution in [0.3, 0.4) is 0 Å². The van der Waals surface area contributed by atoms with Crippen molar-refractivity contribution in [3.8, 4) is 11.8 Å². The number of halogens is 1. The van der Waals surface area contributed by atoms with Gasteiger partial charge in [-0.15, -0.1) is 0 Å². The standard InChI is InChI=1S/C30H24N3.HI/c1-32-21-11-12-25(23-32)19-20-26-22-31-33(24-26)30(27-13-5-2-6-14-27,28-15-7-3-8-16-28)29-17-9-4-10-18-29;/h2-18,21-24H,1H3;1H/q+1;/p-1. The third-order valence-corrected chi connectivity index (χ3v) is 5.79. The number of aromatic nitrogens is 3. The molecule has 0 amide bonds. The van der Waals surface area contributed by atoms with Crippen molar-refractivity contribution in [2.24, 2.45) is 7.05 Å². The Bertz CT molecular complexity index is 1320. The number of aryl methyl sites for hydroxylation is 1. The van der Waals surface area contributed by atoms with Crippen LogP contribution in [0, 0.1) is 11.8 Å². The first kappa shape index (κ1) is 23.5. The average molecular weight is 553 g/mol.